The summed E-state index contributed by atoms with van der Waals surface area (Å²) in [7, 11) is 0. The van der Waals surface area contributed by atoms with Gasteiger partial charge in [-0.15, -0.1) is 11.8 Å². The number of ketones is 1. The van der Waals surface area contributed by atoms with Gasteiger partial charge >= 0.3 is 5.97 Å². The van der Waals surface area contributed by atoms with Gasteiger partial charge in [0, 0.05) is 23.8 Å². The number of aliphatic carboxylic acids is 1. The van der Waals surface area contributed by atoms with Crippen LogP contribution in [-0.2, 0) is 9.59 Å². The molecule has 2 heterocycles. The Morgan fingerprint density at radius 2 is 2.00 bits per heavy atom. The highest BCUT2D eigenvalue weighted by Crippen LogP contribution is 2.41. The number of amides is 1. The second-order valence-corrected chi connectivity index (χ2v) is 6.88. The molecule has 2 aliphatic rings. The van der Waals surface area contributed by atoms with Crippen molar-refractivity contribution in [2.45, 2.75) is 18.2 Å². The van der Waals surface area contributed by atoms with E-state index in [1.807, 2.05) is 18.2 Å². The summed E-state index contributed by atoms with van der Waals surface area (Å²) in [5.74, 6) is -1.21. The average Bonchev–Trinajstić information content (AvgIpc) is 3.00. The molecule has 0 saturated carbocycles. The van der Waals surface area contributed by atoms with Gasteiger partial charge in [0.05, 0.1) is 17.7 Å². The number of nitrogens with zero attached hydrogens (tertiary/aromatic N) is 1. The predicted molar refractivity (Wildman–Crippen MR) is 82.6 cm³/mol. The summed E-state index contributed by atoms with van der Waals surface area (Å²) in [6.07, 6.45) is 0.123. The van der Waals surface area contributed by atoms with E-state index in [0.29, 0.717) is 18.5 Å². The second kappa shape index (κ2) is 6.12. The van der Waals surface area contributed by atoms with Crippen LogP contribution in [-0.4, -0.2) is 45.3 Å². The summed E-state index contributed by atoms with van der Waals surface area (Å²) in [6.45, 7) is 0.600. The van der Waals surface area contributed by atoms with Crippen LogP contribution in [0.5, 0.6) is 0 Å². The largest absolute Gasteiger partial charge is 0.481 e. The number of carbonyl (C=O) groups excluding carboxylic acids is 2. The van der Waals surface area contributed by atoms with E-state index in [4.69, 9.17) is 5.11 Å². The molecule has 0 bridgehead atoms. The van der Waals surface area contributed by atoms with Gasteiger partial charge in [0.2, 0.25) is 5.91 Å². The van der Waals surface area contributed by atoms with Crippen LogP contribution in [0.3, 0.4) is 0 Å². The lowest BCUT2D eigenvalue weighted by atomic mass is 9.82. The number of thioether (sulfide) groups is 1. The third kappa shape index (κ3) is 2.75. The summed E-state index contributed by atoms with van der Waals surface area (Å²) < 4.78 is 0. The molecule has 3 unspecified atom stereocenters. The molecule has 0 aromatic heterocycles. The Balaban J connectivity index is 1.87. The molecular formula is C16H17NO4S. The fourth-order valence-corrected chi connectivity index (χ4v) is 4.65. The van der Waals surface area contributed by atoms with Crippen LogP contribution in [0, 0.1) is 11.8 Å². The molecule has 3 atom stereocenters. The third-order valence-corrected chi connectivity index (χ3v) is 5.60. The zero-order chi connectivity index (χ0) is 15.7. The first-order valence-electron chi connectivity index (χ1n) is 7.31. The van der Waals surface area contributed by atoms with Crippen LogP contribution in [0.4, 0.5) is 0 Å². The lowest BCUT2D eigenvalue weighted by Crippen LogP contribution is -2.51. The van der Waals surface area contributed by atoms with E-state index in [1.165, 1.54) is 0 Å². The smallest absolute Gasteiger partial charge is 0.304 e. The normalized spacial score (nSPS) is 27.5. The topological polar surface area (TPSA) is 74.7 Å². The number of carboxylic acids is 1. The number of piperidine rings is 1. The van der Waals surface area contributed by atoms with Crippen molar-refractivity contribution in [2.24, 2.45) is 11.8 Å². The van der Waals surface area contributed by atoms with E-state index in [-0.39, 0.29) is 29.4 Å². The number of hydrogen-bond acceptors (Lipinski definition) is 4. The molecule has 1 aromatic rings. The Morgan fingerprint density at radius 1 is 1.27 bits per heavy atom. The quantitative estimate of drug-likeness (QED) is 0.858. The van der Waals surface area contributed by atoms with Crippen LogP contribution < -0.4 is 0 Å². The van der Waals surface area contributed by atoms with E-state index in [9.17, 15) is 14.4 Å². The van der Waals surface area contributed by atoms with Crippen molar-refractivity contribution in [2.75, 3.05) is 12.3 Å². The highest BCUT2D eigenvalue weighted by Gasteiger charge is 2.47. The fourth-order valence-electron chi connectivity index (χ4n) is 3.25. The maximum absolute atomic E-state index is 12.8. The third-order valence-electron chi connectivity index (χ3n) is 4.26. The molecule has 2 saturated heterocycles. The van der Waals surface area contributed by atoms with Crippen molar-refractivity contribution >= 4 is 29.4 Å². The minimum atomic E-state index is -0.991. The number of rotatable bonds is 4. The number of hydrogen-bond donors (Lipinski definition) is 1. The number of Topliss-reactive ketones (excluding diaryl/α,β-unsaturated/α-hetero) is 1. The van der Waals surface area contributed by atoms with Gasteiger partial charge in [-0.3, -0.25) is 14.4 Å². The van der Waals surface area contributed by atoms with Crippen LogP contribution in [0.1, 0.15) is 23.2 Å². The Labute approximate surface area is 132 Å². The Kier molecular flexibility index (Phi) is 4.20. The highest BCUT2D eigenvalue weighted by molar-refractivity contribution is 8.00. The van der Waals surface area contributed by atoms with Crippen molar-refractivity contribution in [1.82, 2.24) is 4.90 Å². The van der Waals surface area contributed by atoms with Crippen molar-refractivity contribution in [3.63, 3.8) is 0 Å². The van der Waals surface area contributed by atoms with Crippen molar-refractivity contribution < 1.29 is 19.5 Å². The summed E-state index contributed by atoms with van der Waals surface area (Å²) in [5.41, 5.74) is 0.628. The molecule has 1 amide bonds. The minimum Gasteiger partial charge on any atom is -0.481 e. The zero-order valence-electron chi connectivity index (χ0n) is 12.0. The van der Waals surface area contributed by atoms with Crippen LogP contribution >= 0.6 is 11.8 Å². The van der Waals surface area contributed by atoms with Crippen molar-refractivity contribution in [1.29, 1.82) is 0 Å². The maximum Gasteiger partial charge on any atom is 0.304 e. The lowest BCUT2D eigenvalue weighted by molar-refractivity contribution is -0.147. The number of benzene rings is 1. The van der Waals surface area contributed by atoms with E-state index >= 15 is 0 Å². The van der Waals surface area contributed by atoms with Gasteiger partial charge in [-0.05, 0) is 6.42 Å². The van der Waals surface area contributed by atoms with Crippen LogP contribution in [0.15, 0.2) is 30.3 Å². The molecular weight excluding hydrogens is 302 g/mol. The lowest BCUT2D eigenvalue weighted by Gasteiger charge is -2.38. The maximum atomic E-state index is 12.8. The number of carbonyl (C=O) groups is 3. The molecule has 0 radical (unpaired) electrons. The van der Waals surface area contributed by atoms with Gasteiger partial charge in [-0.1, -0.05) is 30.3 Å². The van der Waals surface area contributed by atoms with Crippen LogP contribution in [0.2, 0.25) is 0 Å². The molecule has 3 rings (SSSR count). The fraction of sp³-hybridized carbons (Fsp3) is 0.438. The van der Waals surface area contributed by atoms with Gasteiger partial charge in [0.15, 0.2) is 5.78 Å². The average molecular weight is 319 g/mol. The first-order valence-corrected chi connectivity index (χ1v) is 8.36. The van der Waals surface area contributed by atoms with E-state index in [2.05, 4.69) is 0 Å². The molecule has 0 spiro atoms. The zero-order valence-corrected chi connectivity index (χ0v) is 12.8. The van der Waals surface area contributed by atoms with Gasteiger partial charge in [-0.2, -0.15) is 0 Å². The van der Waals surface area contributed by atoms with Gasteiger partial charge in [-0.25, -0.2) is 0 Å². The molecule has 5 nitrogen and oxygen atoms in total. The molecule has 2 aliphatic heterocycles. The SMILES string of the molecule is O=C(O)CC1CC(C(=O)c2ccccc2)C2SCCN2C1=O. The Hall–Kier alpha value is -1.82. The van der Waals surface area contributed by atoms with E-state index < -0.39 is 11.9 Å². The molecule has 1 N–H and O–H groups in total. The highest BCUT2D eigenvalue weighted by atomic mass is 32.2. The Morgan fingerprint density at radius 3 is 2.68 bits per heavy atom. The standard InChI is InChI=1S/C16H17NO4S/c18-13(19)9-11-8-12(14(20)10-4-2-1-3-5-10)16-17(15(11)21)6-7-22-16/h1-5,11-12,16H,6-9H2,(H,18,19). The molecule has 22 heavy (non-hydrogen) atoms. The van der Waals surface area contributed by atoms with E-state index in [0.717, 1.165) is 5.75 Å². The number of carboxylic acid groups (broad SMARTS) is 1. The summed E-state index contributed by atoms with van der Waals surface area (Å²) >= 11 is 1.62. The van der Waals surface area contributed by atoms with Gasteiger partial charge in [0.25, 0.3) is 0 Å². The monoisotopic (exact) mass is 319 g/mol. The van der Waals surface area contributed by atoms with Crippen molar-refractivity contribution in [3.8, 4) is 0 Å². The summed E-state index contributed by atoms with van der Waals surface area (Å²) in [6, 6.07) is 9.03. The summed E-state index contributed by atoms with van der Waals surface area (Å²) in [5, 5.41) is 8.86. The van der Waals surface area contributed by atoms with Crippen LogP contribution in [0.25, 0.3) is 0 Å². The molecule has 2 fully saturated rings. The van der Waals surface area contributed by atoms with E-state index in [1.54, 1.807) is 28.8 Å². The molecule has 6 heteroatoms. The minimum absolute atomic E-state index is 0.00730. The van der Waals surface area contributed by atoms with Gasteiger partial charge in [0.1, 0.15) is 0 Å². The predicted octanol–water partition coefficient (Wildman–Crippen LogP) is 1.88. The molecule has 1 aromatic carbocycles. The van der Waals surface area contributed by atoms with Gasteiger partial charge < -0.3 is 10.0 Å². The first kappa shape index (κ1) is 15.1. The molecule has 0 aliphatic carbocycles. The molecule has 116 valence electrons. The number of fused-ring (bicyclic) bond motifs is 1. The van der Waals surface area contributed by atoms with Crippen molar-refractivity contribution in [3.05, 3.63) is 35.9 Å². The second-order valence-electron chi connectivity index (χ2n) is 5.66. The Bertz CT molecular complexity index is 603. The first-order chi connectivity index (χ1) is 10.6. The summed E-state index contributed by atoms with van der Waals surface area (Å²) in [4.78, 5) is 37.9.